The van der Waals surface area contributed by atoms with Gasteiger partial charge in [0.05, 0.1) is 6.10 Å². The first-order chi connectivity index (χ1) is 7.04. The molecule has 0 bridgehead atoms. The van der Waals surface area contributed by atoms with Gasteiger partial charge in [0, 0.05) is 11.8 Å². The number of benzene rings is 1. The maximum absolute atomic E-state index is 10.9. The number of anilines is 1. The Hall–Kier alpha value is -1.71. The summed E-state index contributed by atoms with van der Waals surface area (Å²) < 4.78 is 5.48. The van der Waals surface area contributed by atoms with E-state index in [0.29, 0.717) is 11.4 Å². The SMILES string of the molecule is CCC(C)Oc1cc(N)ccc1C(=O)O. The van der Waals surface area contributed by atoms with Crippen molar-refractivity contribution < 1.29 is 14.6 Å². The van der Waals surface area contributed by atoms with Gasteiger partial charge >= 0.3 is 5.97 Å². The second-order valence-electron chi connectivity index (χ2n) is 3.40. The van der Waals surface area contributed by atoms with Crippen molar-refractivity contribution in [1.29, 1.82) is 0 Å². The molecule has 0 aliphatic carbocycles. The summed E-state index contributed by atoms with van der Waals surface area (Å²) in [7, 11) is 0. The highest BCUT2D eigenvalue weighted by Crippen LogP contribution is 2.23. The molecule has 1 aromatic carbocycles. The van der Waals surface area contributed by atoms with E-state index in [4.69, 9.17) is 15.6 Å². The largest absolute Gasteiger partial charge is 0.490 e. The lowest BCUT2D eigenvalue weighted by molar-refractivity contribution is 0.0689. The highest BCUT2D eigenvalue weighted by atomic mass is 16.5. The van der Waals surface area contributed by atoms with E-state index < -0.39 is 5.97 Å². The molecule has 82 valence electrons. The molecule has 0 saturated heterocycles. The third kappa shape index (κ3) is 2.87. The summed E-state index contributed by atoms with van der Waals surface area (Å²) in [6, 6.07) is 4.54. The molecule has 1 atom stereocenters. The van der Waals surface area contributed by atoms with E-state index >= 15 is 0 Å². The Morgan fingerprint density at radius 1 is 1.60 bits per heavy atom. The molecular formula is C11H15NO3. The molecular weight excluding hydrogens is 194 g/mol. The fraction of sp³-hybridized carbons (Fsp3) is 0.364. The summed E-state index contributed by atoms with van der Waals surface area (Å²) in [4.78, 5) is 10.9. The number of aromatic carboxylic acids is 1. The molecule has 0 saturated carbocycles. The third-order valence-electron chi connectivity index (χ3n) is 2.14. The number of nitrogens with two attached hydrogens (primary N) is 1. The zero-order chi connectivity index (χ0) is 11.4. The molecule has 0 aliphatic heterocycles. The minimum Gasteiger partial charge on any atom is -0.490 e. The van der Waals surface area contributed by atoms with E-state index in [1.54, 1.807) is 6.07 Å². The number of ether oxygens (including phenoxy) is 1. The van der Waals surface area contributed by atoms with E-state index in [2.05, 4.69) is 0 Å². The van der Waals surface area contributed by atoms with Crippen molar-refractivity contribution in [2.24, 2.45) is 0 Å². The van der Waals surface area contributed by atoms with Crippen LogP contribution in [-0.2, 0) is 0 Å². The summed E-state index contributed by atoms with van der Waals surface area (Å²) in [5.41, 5.74) is 6.21. The van der Waals surface area contributed by atoms with Crippen molar-refractivity contribution in [3.8, 4) is 5.75 Å². The van der Waals surface area contributed by atoms with Gasteiger partial charge in [0.2, 0.25) is 0 Å². The van der Waals surface area contributed by atoms with Crippen molar-refractivity contribution in [3.05, 3.63) is 23.8 Å². The van der Waals surface area contributed by atoms with Crippen molar-refractivity contribution in [2.75, 3.05) is 5.73 Å². The van der Waals surface area contributed by atoms with Gasteiger partial charge in [-0.15, -0.1) is 0 Å². The van der Waals surface area contributed by atoms with E-state index in [0.717, 1.165) is 6.42 Å². The quantitative estimate of drug-likeness (QED) is 0.745. The van der Waals surface area contributed by atoms with Crippen LogP contribution in [0.1, 0.15) is 30.6 Å². The van der Waals surface area contributed by atoms with Gasteiger partial charge in [-0.2, -0.15) is 0 Å². The number of carboxylic acids is 1. The highest BCUT2D eigenvalue weighted by Gasteiger charge is 2.13. The number of carboxylic acid groups (broad SMARTS) is 1. The van der Waals surface area contributed by atoms with E-state index in [1.807, 2.05) is 13.8 Å². The Morgan fingerprint density at radius 3 is 2.80 bits per heavy atom. The maximum atomic E-state index is 10.9. The Balaban J connectivity index is 3.02. The molecule has 0 radical (unpaired) electrons. The van der Waals surface area contributed by atoms with Gasteiger partial charge in [-0.3, -0.25) is 0 Å². The van der Waals surface area contributed by atoms with E-state index in [-0.39, 0.29) is 11.7 Å². The lowest BCUT2D eigenvalue weighted by atomic mass is 10.2. The number of hydrogen-bond donors (Lipinski definition) is 2. The molecule has 0 amide bonds. The van der Waals surface area contributed by atoms with Gasteiger partial charge < -0.3 is 15.6 Å². The Labute approximate surface area is 88.7 Å². The minimum absolute atomic E-state index is 0.0232. The first-order valence-corrected chi connectivity index (χ1v) is 4.84. The lowest BCUT2D eigenvalue weighted by Gasteiger charge is -2.14. The van der Waals surface area contributed by atoms with E-state index in [9.17, 15) is 4.79 Å². The number of hydrogen-bond acceptors (Lipinski definition) is 3. The summed E-state index contributed by atoms with van der Waals surface area (Å²) in [6.07, 6.45) is 0.790. The first-order valence-electron chi connectivity index (χ1n) is 4.84. The fourth-order valence-corrected chi connectivity index (χ4v) is 1.11. The number of nitrogen functional groups attached to an aromatic ring is 1. The van der Waals surface area contributed by atoms with Crippen LogP contribution in [0.25, 0.3) is 0 Å². The second kappa shape index (κ2) is 4.68. The lowest BCUT2D eigenvalue weighted by Crippen LogP contribution is -2.13. The van der Waals surface area contributed by atoms with Crippen LogP contribution in [0.2, 0.25) is 0 Å². The van der Waals surface area contributed by atoms with Crippen molar-refractivity contribution in [1.82, 2.24) is 0 Å². The van der Waals surface area contributed by atoms with Crippen molar-refractivity contribution in [3.63, 3.8) is 0 Å². The van der Waals surface area contributed by atoms with Gasteiger partial charge in [0.25, 0.3) is 0 Å². The molecule has 0 fully saturated rings. The normalized spacial score (nSPS) is 12.1. The van der Waals surface area contributed by atoms with Gasteiger partial charge in [-0.05, 0) is 25.5 Å². The molecule has 0 spiro atoms. The number of rotatable bonds is 4. The second-order valence-corrected chi connectivity index (χ2v) is 3.40. The molecule has 0 heterocycles. The fourth-order valence-electron chi connectivity index (χ4n) is 1.11. The van der Waals surface area contributed by atoms with E-state index in [1.165, 1.54) is 12.1 Å². The average molecular weight is 209 g/mol. The van der Waals surface area contributed by atoms with Crippen LogP contribution in [0.3, 0.4) is 0 Å². The van der Waals surface area contributed by atoms with Crippen LogP contribution in [0.4, 0.5) is 5.69 Å². The highest BCUT2D eigenvalue weighted by molar-refractivity contribution is 5.91. The summed E-state index contributed by atoms with van der Waals surface area (Å²) in [5, 5.41) is 8.92. The van der Waals surface area contributed by atoms with Crippen LogP contribution >= 0.6 is 0 Å². The van der Waals surface area contributed by atoms with Crippen molar-refractivity contribution >= 4 is 11.7 Å². The molecule has 4 nitrogen and oxygen atoms in total. The molecule has 1 aromatic rings. The van der Waals surface area contributed by atoms with Crippen LogP contribution in [-0.4, -0.2) is 17.2 Å². The van der Waals surface area contributed by atoms with Crippen molar-refractivity contribution in [2.45, 2.75) is 26.4 Å². The van der Waals surface area contributed by atoms with Crippen LogP contribution in [0.15, 0.2) is 18.2 Å². The Morgan fingerprint density at radius 2 is 2.27 bits per heavy atom. The molecule has 0 aliphatic rings. The third-order valence-corrected chi connectivity index (χ3v) is 2.14. The molecule has 4 heteroatoms. The number of carbonyl (C=O) groups is 1. The Kier molecular flexibility index (Phi) is 3.55. The van der Waals surface area contributed by atoms with Gasteiger partial charge in [0.15, 0.2) is 0 Å². The first kappa shape index (κ1) is 11.4. The topological polar surface area (TPSA) is 72.5 Å². The molecule has 1 unspecified atom stereocenters. The summed E-state index contributed by atoms with van der Waals surface area (Å²) in [6.45, 7) is 3.85. The molecule has 0 aromatic heterocycles. The minimum atomic E-state index is -1.01. The summed E-state index contributed by atoms with van der Waals surface area (Å²) >= 11 is 0. The zero-order valence-electron chi connectivity index (χ0n) is 8.86. The Bertz CT molecular complexity index is 363. The van der Waals surface area contributed by atoms with Crippen LogP contribution in [0.5, 0.6) is 5.75 Å². The standard InChI is InChI=1S/C11H15NO3/c1-3-7(2)15-10-6-8(12)4-5-9(10)11(13)14/h4-7H,3,12H2,1-2H3,(H,13,14). The molecule has 1 rings (SSSR count). The maximum Gasteiger partial charge on any atom is 0.339 e. The molecule has 15 heavy (non-hydrogen) atoms. The van der Waals surface area contributed by atoms with Gasteiger partial charge in [0.1, 0.15) is 11.3 Å². The molecule has 3 N–H and O–H groups in total. The van der Waals surface area contributed by atoms with Gasteiger partial charge in [-0.1, -0.05) is 6.92 Å². The summed E-state index contributed by atoms with van der Waals surface area (Å²) in [5.74, 6) is -0.676. The predicted octanol–water partition coefficient (Wildman–Crippen LogP) is 2.14. The average Bonchev–Trinajstić information content (AvgIpc) is 2.17. The van der Waals surface area contributed by atoms with Crippen LogP contribution in [0, 0.1) is 0 Å². The van der Waals surface area contributed by atoms with Crippen LogP contribution < -0.4 is 10.5 Å². The smallest absolute Gasteiger partial charge is 0.339 e. The zero-order valence-corrected chi connectivity index (χ0v) is 8.86. The van der Waals surface area contributed by atoms with Gasteiger partial charge in [-0.25, -0.2) is 4.79 Å². The monoisotopic (exact) mass is 209 g/mol. The predicted molar refractivity (Wildman–Crippen MR) is 58.2 cm³/mol.